The van der Waals surface area contributed by atoms with E-state index in [4.69, 9.17) is 0 Å². The molecular formula is C14H20N6O. The van der Waals surface area contributed by atoms with E-state index in [-0.39, 0.29) is 12.1 Å². The van der Waals surface area contributed by atoms with Crippen molar-refractivity contribution in [3.63, 3.8) is 0 Å². The molecule has 112 valence electrons. The zero-order chi connectivity index (χ0) is 14.8. The van der Waals surface area contributed by atoms with Gasteiger partial charge in [-0.3, -0.25) is 4.90 Å². The van der Waals surface area contributed by atoms with Crippen LogP contribution in [0.4, 0.5) is 0 Å². The van der Waals surface area contributed by atoms with Gasteiger partial charge in [-0.15, -0.1) is 10.2 Å². The largest absolute Gasteiger partial charge is 0.390 e. The first-order valence-electron chi connectivity index (χ1n) is 7.03. The summed E-state index contributed by atoms with van der Waals surface area (Å²) in [4.78, 5) is 4.36. The summed E-state index contributed by atoms with van der Waals surface area (Å²) in [6.07, 6.45) is -0.279. The van der Waals surface area contributed by atoms with Gasteiger partial charge in [0.05, 0.1) is 6.10 Å². The van der Waals surface area contributed by atoms with Crippen molar-refractivity contribution in [2.75, 3.05) is 27.2 Å². The van der Waals surface area contributed by atoms with Crippen LogP contribution >= 0.6 is 0 Å². The summed E-state index contributed by atoms with van der Waals surface area (Å²) in [6, 6.07) is 8.34. The summed E-state index contributed by atoms with van der Waals surface area (Å²) in [6.45, 7) is 2.45. The molecule has 21 heavy (non-hydrogen) atoms. The van der Waals surface area contributed by atoms with Crippen LogP contribution in [0.1, 0.15) is 5.56 Å². The number of β-amino-alcohol motifs (C(OH)–C–C–N with tert-alkyl or cyclic N) is 1. The molecule has 2 N–H and O–H groups in total. The van der Waals surface area contributed by atoms with Gasteiger partial charge >= 0.3 is 0 Å². The lowest BCUT2D eigenvalue weighted by Crippen LogP contribution is -2.37. The van der Waals surface area contributed by atoms with Gasteiger partial charge in [-0.25, -0.2) is 0 Å². The Morgan fingerprint density at radius 3 is 2.62 bits per heavy atom. The highest BCUT2D eigenvalue weighted by Gasteiger charge is 2.32. The summed E-state index contributed by atoms with van der Waals surface area (Å²) in [5.74, 6) is 0.603. The molecular weight excluding hydrogens is 268 g/mol. The van der Waals surface area contributed by atoms with Crippen LogP contribution in [0.25, 0.3) is 11.4 Å². The van der Waals surface area contributed by atoms with Gasteiger partial charge in [0.2, 0.25) is 5.82 Å². The Morgan fingerprint density at radius 1 is 1.29 bits per heavy atom. The van der Waals surface area contributed by atoms with E-state index in [0.29, 0.717) is 5.82 Å². The Bertz CT molecular complexity index is 568. The van der Waals surface area contributed by atoms with Gasteiger partial charge in [0, 0.05) is 31.2 Å². The number of hydrogen-bond donors (Lipinski definition) is 2. The molecule has 2 aromatic rings. The van der Waals surface area contributed by atoms with Crippen LogP contribution in [-0.2, 0) is 6.54 Å². The highest BCUT2D eigenvalue weighted by Crippen LogP contribution is 2.19. The number of nitrogens with one attached hydrogen (secondary N) is 1. The van der Waals surface area contributed by atoms with E-state index < -0.39 is 0 Å². The number of hydrogen-bond acceptors (Lipinski definition) is 6. The van der Waals surface area contributed by atoms with Crippen LogP contribution in [0.3, 0.4) is 0 Å². The van der Waals surface area contributed by atoms with Crippen molar-refractivity contribution < 1.29 is 5.11 Å². The van der Waals surface area contributed by atoms with Crippen LogP contribution in [0, 0.1) is 0 Å². The van der Waals surface area contributed by atoms with Crippen LogP contribution < -0.4 is 0 Å². The maximum absolute atomic E-state index is 10.1. The van der Waals surface area contributed by atoms with Gasteiger partial charge in [-0.1, -0.05) is 24.3 Å². The molecule has 3 rings (SSSR count). The van der Waals surface area contributed by atoms with E-state index in [0.717, 1.165) is 25.2 Å². The molecule has 0 saturated carbocycles. The van der Waals surface area contributed by atoms with Crippen molar-refractivity contribution in [1.29, 1.82) is 0 Å². The van der Waals surface area contributed by atoms with E-state index in [1.165, 1.54) is 5.56 Å². The van der Waals surface area contributed by atoms with E-state index in [1.807, 2.05) is 26.2 Å². The molecule has 1 aliphatic rings. The molecule has 0 bridgehead atoms. The minimum absolute atomic E-state index is 0.212. The third kappa shape index (κ3) is 3.10. The number of H-pyrrole nitrogens is 1. The van der Waals surface area contributed by atoms with E-state index in [9.17, 15) is 5.11 Å². The van der Waals surface area contributed by atoms with Crippen LogP contribution in [-0.4, -0.2) is 74.9 Å². The SMILES string of the molecule is CN(C)[C@@H]1CN(Cc2ccc(-c3nn[nH]n3)cc2)C[C@H]1O. The predicted molar refractivity (Wildman–Crippen MR) is 78.4 cm³/mol. The fourth-order valence-electron chi connectivity index (χ4n) is 2.79. The summed E-state index contributed by atoms with van der Waals surface area (Å²) >= 11 is 0. The van der Waals surface area contributed by atoms with Gasteiger partial charge in [0.25, 0.3) is 0 Å². The lowest BCUT2D eigenvalue weighted by Gasteiger charge is -2.21. The highest BCUT2D eigenvalue weighted by atomic mass is 16.3. The lowest BCUT2D eigenvalue weighted by atomic mass is 10.1. The number of tetrazole rings is 1. The number of rotatable bonds is 4. The molecule has 7 heteroatoms. The number of likely N-dealkylation sites (tertiary alicyclic amines) is 1. The van der Waals surface area contributed by atoms with Gasteiger partial charge in [0.15, 0.2) is 0 Å². The first-order valence-corrected chi connectivity index (χ1v) is 7.03. The Balaban J connectivity index is 1.64. The minimum atomic E-state index is -0.279. The van der Waals surface area contributed by atoms with Crippen molar-refractivity contribution in [2.45, 2.75) is 18.7 Å². The van der Waals surface area contributed by atoms with E-state index in [1.54, 1.807) is 0 Å². The molecule has 0 amide bonds. The van der Waals surface area contributed by atoms with E-state index in [2.05, 4.69) is 42.6 Å². The molecule has 2 atom stereocenters. The number of aromatic amines is 1. The van der Waals surface area contributed by atoms with Crippen molar-refractivity contribution in [3.8, 4) is 11.4 Å². The molecule has 0 aliphatic carbocycles. The molecule has 7 nitrogen and oxygen atoms in total. The second kappa shape index (κ2) is 5.88. The number of aliphatic hydroxyl groups is 1. The average molecular weight is 288 g/mol. The smallest absolute Gasteiger partial charge is 0.204 e. The Kier molecular flexibility index (Phi) is 3.96. The van der Waals surface area contributed by atoms with Crippen LogP contribution in [0.5, 0.6) is 0 Å². The van der Waals surface area contributed by atoms with Crippen molar-refractivity contribution >= 4 is 0 Å². The first-order chi connectivity index (χ1) is 10.1. The summed E-state index contributed by atoms with van der Waals surface area (Å²) in [7, 11) is 4.02. The standard InChI is InChI=1S/C14H20N6O/c1-19(2)12-8-20(9-13(12)21)7-10-3-5-11(6-4-10)14-15-17-18-16-14/h3-6,12-13,21H,7-9H2,1-2H3,(H,15,16,17,18)/t12-,13-/m1/s1. The fraction of sp³-hybridized carbons (Fsp3) is 0.500. The molecule has 1 fully saturated rings. The Labute approximate surface area is 123 Å². The average Bonchev–Trinajstić information content (AvgIpc) is 3.09. The Hall–Kier alpha value is -1.83. The highest BCUT2D eigenvalue weighted by molar-refractivity contribution is 5.54. The quantitative estimate of drug-likeness (QED) is 0.822. The summed E-state index contributed by atoms with van der Waals surface area (Å²) in [5, 5.41) is 24.0. The molecule has 2 heterocycles. The number of benzene rings is 1. The normalized spacial score (nSPS) is 23.0. The number of nitrogens with zero attached hydrogens (tertiary/aromatic N) is 5. The molecule has 0 radical (unpaired) electrons. The van der Waals surface area contributed by atoms with Crippen molar-refractivity contribution in [3.05, 3.63) is 29.8 Å². The van der Waals surface area contributed by atoms with Gasteiger partial charge in [-0.05, 0) is 24.9 Å². The van der Waals surface area contributed by atoms with Gasteiger partial charge in [0.1, 0.15) is 0 Å². The maximum atomic E-state index is 10.1. The zero-order valence-corrected chi connectivity index (χ0v) is 12.3. The second-order valence-electron chi connectivity index (χ2n) is 5.72. The number of likely N-dealkylation sites (N-methyl/N-ethyl adjacent to an activating group) is 1. The summed E-state index contributed by atoms with van der Waals surface area (Å²) < 4.78 is 0. The minimum Gasteiger partial charge on any atom is -0.390 e. The topological polar surface area (TPSA) is 81.2 Å². The zero-order valence-electron chi connectivity index (χ0n) is 12.3. The Morgan fingerprint density at radius 2 is 2.05 bits per heavy atom. The molecule has 0 unspecified atom stereocenters. The first kappa shape index (κ1) is 14.1. The van der Waals surface area contributed by atoms with Gasteiger partial charge in [-0.2, -0.15) is 5.21 Å². The second-order valence-corrected chi connectivity index (χ2v) is 5.72. The molecule has 0 spiro atoms. The van der Waals surface area contributed by atoms with E-state index >= 15 is 0 Å². The van der Waals surface area contributed by atoms with Crippen LogP contribution in [0.15, 0.2) is 24.3 Å². The third-order valence-corrected chi connectivity index (χ3v) is 3.96. The van der Waals surface area contributed by atoms with Gasteiger partial charge < -0.3 is 10.0 Å². The maximum Gasteiger partial charge on any atom is 0.204 e. The third-order valence-electron chi connectivity index (χ3n) is 3.96. The van der Waals surface area contributed by atoms with Crippen molar-refractivity contribution in [1.82, 2.24) is 30.4 Å². The predicted octanol–water partition coefficient (Wildman–Crippen LogP) is -0.0266. The monoisotopic (exact) mass is 288 g/mol. The molecule has 1 aromatic carbocycles. The number of aliphatic hydroxyl groups excluding tert-OH is 1. The molecule has 1 saturated heterocycles. The fourth-order valence-corrected chi connectivity index (χ4v) is 2.79. The van der Waals surface area contributed by atoms with Crippen LogP contribution in [0.2, 0.25) is 0 Å². The number of aromatic nitrogens is 4. The molecule has 1 aliphatic heterocycles. The lowest BCUT2D eigenvalue weighted by molar-refractivity contribution is 0.112. The molecule has 1 aromatic heterocycles. The summed E-state index contributed by atoms with van der Waals surface area (Å²) in [5.41, 5.74) is 2.16. The van der Waals surface area contributed by atoms with Crippen molar-refractivity contribution in [2.24, 2.45) is 0 Å².